The Hall–Kier alpha value is -1.06. The van der Waals surface area contributed by atoms with Gasteiger partial charge in [0.15, 0.2) is 0 Å². The second-order valence-electron chi connectivity index (χ2n) is 5.84. The molecule has 1 atom stereocenters. The van der Waals surface area contributed by atoms with Crippen LogP contribution in [0.4, 0.5) is 5.69 Å². The third-order valence-corrected chi connectivity index (χ3v) is 4.36. The molecule has 0 aromatic heterocycles. The van der Waals surface area contributed by atoms with Gasteiger partial charge in [0.25, 0.3) is 0 Å². The fourth-order valence-corrected chi connectivity index (χ4v) is 3.25. The highest BCUT2D eigenvalue weighted by atomic mass is 15.0. The van der Waals surface area contributed by atoms with Gasteiger partial charge in [-0.05, 0) is 68.9 Å². The minimum atomic E-state index is 0.594. The lowest BCUT2D eigenvalue weighted by atomic mass is 9.90. The number of anilines is 1. The number of piperidine rings is 2. The van der Waals surface area contributed by atoms with E-state index in [1.54, 1.807) is 0 Å². The molecule has 0 aliphatic carbocycles. The number of hydrogen-bond donors (Lipinski definition) is 3. The Labute approximate surface area is 116 Å². The van der Waals surface area contributed by atoms with Gasteiger partial charge in [0, 0.05) is 18.3 Å². The van der Waals surface area contributed by atoms with Crippen LogP contribution in [0.2, 0.25) is 0 Å². The van der Waals surface area contributed by atoms with E-state index in [4.69, 9.17) is 0 Å². The van der Waals surface area contributed by atoms with Crippen molar-refractivity contribution >= 4 is 5.69 Å². The van der Waals surface area contributed by atoms with E-state index in [1.165, 1.54) is 43.5 Å². The van der Waals surface area contributed by atoms with Gasteiger partial charge in [-0.2, -0.15) is 0 Å². The quantitative estimate of drug-likeness (QED) is 0.779. The molecule has 3 heteroatoms. The van der Waals surface area contributed by atoms with E-state index in [-0.39, 0.29) is 0 Å². The van der Waals surface area contributed by atoms with Gasteiger partial charge in [0.1, 0.15) is 0 Å². The lowest BCUT2D eigenvalue weighted by molar-refractivity contribution is 0.460. The molecule has 2 aliphatic heterocycles. The van der Waals surface area contributed by atoms with Crippen LogP contribution >= 0.6 is 0 Å². The third-order valence-electron chi connectivity index (χ3n) is 4.36. The molecule has 2 aliphatic rings. The Morgan fingerprint density at radius 3 is 2.68 bits per heavy atom. The lowest BCUT2D eigenvalue weighted by Gasteiger charge is -2.26. The molecule has 1 aromatic rings. The summed E-state index contributed by atoms with van der Waals surface area (Å²) < 4.78 is 0. The minimum absolute atomic E-state index is 0.594. The number of hydrogen-bond acceptors (Lipinski definition) is 3. The van der Waals surface area contributed by atoms with Crippen molar-refractivity contribution in [1.82, 2.24) is 10.6 Å². The molecular weight excluding hydrogens is 234 g/mol. The van der Waals surface area contributed by atoms with Crippen molar-refractivity contribution in [3.63, 3.8) is 0 Å². The first-order valence-electron chi connectivity index (χ1n) is 7.70. The standard InChI is InChI=1S/C16H25N3/c1-3-14(13-6-9-17-10-7-13)11-15(4-1)19-16-5-2-8-18-12-16/h1,3-4,11,13,16-19H,2,5-10,12H2. The molecule has 0 bridgehead atoms. The summed E-state index contributed by atoms with van der Waals surface area (Å²) in [5.41, 5.74) is 2.81. The molecule has 0 amide bonds. The number of rotatable bonds is 3. The molecule has 3 rings (SSSR count). The highest BCUT2D eigenvalue weighted by molar-refractivity contribution is 5.47. The van der Waals surface area contributed by atoms with Crippen molar-refractivity contribution in [2.45, 2.75) is 37.6 Å². The van der Waals surface area contributed by atoms with Crippen LogP contribution in [-0.4, -0.2) is 32.2 Å². The van der Waals surface area contributed by atoms with Crippen LogP contribution < -0.4 is 16.0 Å². The molecule has 1 unspecified atom stereocenters. The van der Waals surface area contributed by atoms with Crippen LogP contribution in [0.3, 0.4) is 0 Å². The van der Waals surface area contributed by atoms with Crippen molar-refractivity contribution in [3.8, 4) is 0 Å². The molecule has 0 saturated carbocycles. The van der Waals surface area contributed by atoms with Gasteiger partial charge in [-0.15, -0.1) is 0 Å². The maximum absolute atomic E-state index is 3.68. The average Bonchev–Trinajstić information content (AvgIpc) is 2.49. The summed E-state index contributed by atoms with van der Waals surface area (Å²) in [6.07, 6.45) is 5.11. The summed E-state index contributed by atoms with van der Waals surface area (Å²) in [5.74, 6) is 0.743. The van der Waals surface area contributed by atoms with Gasteiger partial charge < -0.3 is 16.0 Å². The van der Waals surface area contributed by atoms with Crippen molar-refractivity contribution in [1.29, 1.82) is 0 Å². The van der Waals surface area contributed by atoms with Gasteiger partial charge in [-0.3, -0.25) is 0 Å². The number of benzene rings is 1. The summed E-state index contributed by atoms with van der Waals surface area (Å²) in [6.45, 7) is 4.59. The van der Waals surface area contributed by atoms with Crippen molar-refractivity contribution in [2.24, 2.45) is 0 Å². The van der Waals surface area contributed by atoms with Crippen LogP contribution in [0, 0.1) is 0 Å². The highest BCUT2D eigenvalue weighted by Gasteiger charge is 2.16. The maximum Gasteiger partial charge on any atom is 0.0386 e. The first kappa shape index (κ1) is 12.9. The Morgan fingerprint density at radius 1 is 1.00 bits per heavy atom. The van der Waals surface area contributed by atoms with Crippen LogP contribution in [0.15, 0.2) is 24.3 Å². The molecule has 3 nitrogen and oxygen atoms in total. The van der Waals surface area contributed by atoms with E-state index in [9.17, 15) is 0 Å². The van der Waals surface area contributed by atoms with E-state index in [0.717, 1.165) is 25.6 Å². The van der Waals surface area contributed by atoms with E-state index in [0.29, 0.717) is 6.04 Å². The van der Waals surface area contributed by atoms with Crippen LogP contribution in [0.5, 0.6) is 0 Å². The zero-order valence-corrected chi connectivity index (χ0v) is 11.6. The van der Waals surface area contributed by atoms with Crippen LogP contribution in [-0.2, 0) is 0 Å². The molecule has 2 saturated heterocycles. The topological polar surface area (TPSA) is 36.1 Å². The van der Waals surface area contributed by atoms with E-state index in [1.807, 2.05) is 0 Å². The van der Waals surface area contributed by atoms with E-state index in [2.05, 4.69) is 40.2 Å². The molecule has 1 aromatic carbocycles. The Bertz CT molecular complexity index is 393. The molecule has 0 spiro atoms. The normalized spacial score (nSPS) is 25.2. The summed E-state index contributed by atoms with van der Waals surface area (Å²) in [6, 6.07) is 9.66. The highest BCUT2D eigenvalue weighted by Crippen LogP contribution is 2.27. The zero-order valence-electron chi connectivity index (χ0n) is 11.6. The lowest BCUT2D eigenvalue weighted by Crippen LogP contribution is -2.38. The Morgan fingerprint density at radius 2 is 1.89 bits per heavy atom. The Balaban J connectivity index is 1.64. The molecule has 0 radical (unpaired) electrons. The first-order valence-corrected chi connectivity index (χ1v) is 7.70. The maximum atomic E-state index is 3.68. The molecule has 2 fully saturated rings. The van der Waals surface area contributed by atoms with Gasteiger partial charge in [0.2, 0.25) is 0 Å². The van der Waals surface area contributed by atoms with Gasteiger partial charge in [-0.25, -0.2) is 0 Å². The minimum Gasteiger partial charge on any atom is -0.381 e. The van der Waals surface area contributed by atoms with Crippen molar-refractivity contribution in [3.05, 3.63) is 29.8 Å². The van der Waals surface area contributed by atoms with Crippen molar-refractivity contribution in [2.75, 3.05) is 31.5 Å². The summed E-state index contributed by atoms with van der Waals surface area (Å²) in [7, 11) is 0. The Kier molecular flexibility index (Phi) is 4.36. The van der Waals surface area contributed by atoms with Gasteiger partial charge in [0.05, 0.1) is 0 Å². The fraction of sp³-hybridized carbons (Fsp3) is 0.625. The predicted octanol–water partition coefficient (Wildman–Crippen LogP) is 2.32. The van der Waals surface area contributed by atoms with Crippen LogP contribution in [0.25, 0.3) is 0 Å². The van der Waals surface area contributed by atoms with Crippen molar-refractivity contribution < 1.29 is 0 Å². The third kappa shape index (κ3) is 3.48. The largest absolute Gasteiger partial charge is 0.381 e. The molecule has 2 heterocycles. The molecule has 104 valence electrons. The van der Waals surface area contributed by atoms with Gasteiger partial charge >= 0.3 is 0 Å². The molecular formula is C16H25N3. The summed E-state index contributed by atoms with van der Waals surface area (Å²) in [4.78, 5) is 0. The summed E-state index contributed by atoms with van der Waals surface area (Å²) >= 11 is 0. The predicted molar refractivity (Wildman–Crippen MR) is 80.8 cm³/mol. The smallest absolute Gasteiger partial charge is 0.0386 e. The second-order valence-corrected chi connectivity index (χ2v) is 5.84. The summed E-state index contributed by atoms with van der Waals surface area (Å²) in [5, 5.41) is 10.6. The van der Waals surface area contributed by atoms with Gasteiger partial charge in [-0.1, -0.05) is 12.1 Å². The molecule has 3 N–H and O–H groups in total. The monoisotopic (exact) mass is 259 g/mol. The fourth-order valence-electron chi connectivity index (χ4n) is 3.25. The number of nitrogens with one attached hydrogen (secondary N) is 3. The first-order chi connectivity index (χ1) is 9.42. The zero-order chi connectivity index (χ0) is 12.9. The van der Waals surface area contributed by atoms with E-state index < -0.39 is 0 Å². The SMILES string of the molecule is c1cc(NC2CCCNC2)cc(C2CCNCC2)c1. The molecule has 19 heavy (non-hydrogen) atoms. The van der Waals surface area contributed by atoms with E-state index >= 15 is 0 Å². The second kappa shape index (κ2) is 6.40. The average molecular weight is 259 g/mol. The van der Waals surface area contributed by atoms with Crippen LogP contribution in [0.1, 0.15) is 37.2 Å².